The average molecular weight is 464 g/mol. The molecule has 1 atom stereocenters. The van der Waals surface area contributed by atoms with Gasteiger partial charge in [-0.15, -0.1) is 0 Å². The number of methoxy groups -OCH3 is 2. The molecule has 3 aromatic carbocycles. The lowest BCUT2D eigenvalue weighted by Gasteiger charge is -2.38. The molecule has 5 heteroatoms. The average Bonchev–Trinajstić information content (AvgIpc) is 2.81. The van der Waals surface area contributed by atoms with Gasteiger partial charge in [0, 0.05) is 17.1 Å². The lowest BCUT2D eigenvalue weighted by Crippen LogP contribution is -2.40. The standard InChI is InChI=1S/C28H30ClNO3/c1-28(2,3)21-11-9-18(10-12-21)27(31)30-14-13-19-16-24(32-4)25(33-5)17-23(19)26(30)20-7-6-8-22(29)15-20/h6-12,15-17,26H,13-14H2,1-5H3/t26-/m0/s1. The van der Waals surface area contributed by atoms with E-state index in [0.717, 1.165) is 23.1 Å². The summed E-state index contributed by atoms with van der Waals surface area (Å²) in [6.07, 6.45) is 0.735. The van der Waals surface area contributed by atoms with Crippen LogP contribution in [0.15, 0.2) is 60.7 Å². The van der Waals surface area contributed by atoms with Crippen molar-refractivity contribution in [2.45, 2.75) is 38.6 Å². The van der Waals surface area contributed by atoms with Gasteiger partial charge in [-0.1, -0.05) is 56.6 Å². The largest absolute Gasteiger partial charge is 0.493 e. The number of ether oxygens (including phenoxy) is 2. The van der Waals surface area contributed by atoms with E-state index in [0.29, 0.717) is 28.6 Å². The van der Waals surface area contributed by atoms with Gasteiger partial charge in [-0.2, -0.15) is 0 Å². The number of benzene rings is 3. The summed E-state index contributed by atoms with van der Waals surface area (Å²) in [5, 5.41) is 0.641. The Bertz CT molecular complexity index is 1160. The summed E-state index contributed by atoms with van der Waals surface area (Å²) in [4.78, 5) is 15.7. The highest BCUT2D eigenvalue weighted by Crippen LogP contribution is 2.42. The van der Waals surface area contributed by atoms with E-state index < -0.39 is 0 Å². The number of carbonyl (C=O) groups is 1. The molecular weight excluding hydrogens is 434 g/mol. The minimum atomic E-state index is -0.276. The molecule has 1 heterocycles. The lowest BCUT2D eigenvalue weighted by molar-refractivity contribution is 0.0694. The Labute approximate surface area is 201 Å². The van der Waals surface area contributed by atoms with Gasteiger partial charge in [0.25, 0.3) is 5.91 Å². The first-order valence-electron chi connectivity index (χ1n) is 11.1. The second-order valence-corrected chi connectivity index (χ2v) is 9.88. The number of fused-ring (bicyclic) bond motifs is 1. The Hall–Kier alpha value is -2.98. The topological polar surface area (TPSA) is 38.8 Å². The molecule has 0 radical (unpaired) electrons. The molecular formula is C28H30ClNO3. The zero-order valence-electron chi connectivity index (χ0n) is 19.8. The van der Waals surface area contributed by atoms with Crippen LogP contribution in [-0.2, 0) is 11.8 Å². The molecule has 4 nitrogen and oxygen atoms in total. The fourth-order valence-corrected chi connectivity index (χ4v) is 4.68. The molecule has 0 aliphatic carbocycles. The van der Waals surface area contributed by atoms with E-state index in [1.165, 1.54) is 5.56 Å². The molecule has 33 heavy (non-hydrogen) atoms. The van der Waals surface area contributed by atoms with Gasteiger partial charge in [-0.3, -0.25) is 4.79 Å². The van der Waals surface area contributed by atoms with Crippen LogP contribution in [0.5, 0.6) is 11.5 Å². The predicted molar refractivity (Wildman–Crippen MR) is 133 cm³/mol. The zero-order valence-corrected chi connectivity index (χ0v) is 20.6. The molecule has 0 saturated heterocycles. The maximum absolute atomic E-state index is 13.8. The van der Waals surface area contributed by atoms with E-state index in [9.17, 15) is 4.79 Å². The first kappa shape index (κ1) is 23.2. The van der Waals surface area contributed by atoms with E-state index in [1.54, 1.807) is 14.2 Å². The smallest absolute Gasteiger partial charge is 0.254 e. The van der Waals surface area contributed by atoms with Crippen molar-refractivity contribution in [3.63, 3.8) is 0 Å². The fraction of sp³-hybridized carbons (Fsp3) is 0.321. The van der Waals surface area contributed by atoms with Crippen LogP contribution in [0, 0.1) is 0 Å². The van der Waals surface area contributed by atoms with Crippen molar-refractivity contribution in [2.24, 2.45) is 0 Å². The first-order valence-corrected chi connectivity index (χ1v) is 11.5. The Balaban J connectivity index is 1.80. The molecule has 172 valence electrons. The number of rotatable bonds is 4. The predicted octanol–water partition coefficient (Wildman–Crippen LogP) is 6.44. The molecule has 0 aromatic heterocycles. The Morgan fingerprint density at radius 1 is 0.970 bits per heavy atom. The second-order valence-electron chi connectivity index (χ2n) is 9.44. The maximum Gasteiger partial charge on any atom is 0.254 e. The quantitative estimate of drug-likeness (QED) is 0.446. The summed E-state index contributed by atoms with van der Waals surface area (Å²) in [5.41, 5.74) is 5.05. The highest BCUT2D eigenvalue weighted by Gasteiger charge is 2.34. The van der Waals surface area contributed by atoms with Crippen molar-refractivity contribution in [1.29, 1.82) is 0 Å². The summed E-state index contributed by atoms with van der Waals surface area (Å²) in [5.74, 6) is 1.34. The van der Waals surface area contributed by atoms with E-state index in [-0.39, 0.29) is 17.4 Å². The van der Waals surface area contributed by atoms with Crippen molar-refractivity contribution in [3.05, 3.63) is 93.5 Å². The maximum atomic E-state index is 13.8. The van der Waals surface area contributed by atoms with Gasteiger partial charge in [-0.25, -0.2) is 0 Å². The van der Waals surface area contributed by atoms with Crippen LogP contribution >= 0.6 is 11.6 Å². The zero-order chi connectivity index (χ0) is 23.8. The Kier molecular flexibility index (Phi) is 6.40. The molecule has 0 bridgehead atoms. The molecule has 3 aromatic rings. The fourth-order valence-electron chi connectivity index (χ4n) is 4.48. The third-order valence-corrected chi connectivity index (χ3v) is 6.53. The van der Waals surface area contributed by atoms with Crippen LogP contribution in [0.25, 0.3) is 0 Å². The molecule has 4 rings (SSSR count). The molecule has 0 N–H and O–H groups in total. The Morgan fingerprint density at radius 2 is 1.64 bits per heavy atom. The van der Waals surface area contributed by atoms with Crippen molar-refractivity contribution in [3.8, 4) is 11.5 Å². The van der Waals surface area contributed by atoms with E-state index in [1.807, 2.05) is 65.6 Å². The first-order chi connectivity index (χ1) is 15.7. The monoisotopic (exact) mass is 463 g/mol. The van der Waals surface area contributed by atoms with E-state index >= 15 is 0 Å². The Morgan fingerprint density at radius 3 is 2.24 bits per heavy atom. The summed E-state index contributed by atoms with van der Waals surface area (Å²) >= 11 is 6.35. The van der Waals surface area contributed by atoms with Crippen molar-refractivity contribution < 1.29 is 14.3 Å². The molecule has 0 spiro atoms. The van der Waals surface area contributed by atoms with Crippen molar-refractivity contribution in [2.75, 3.05) is 20.8 Å². The second kappa shape index (κ2) is 9.11. The van der Waals surface area contributed by atoms with Crippen LogP contribution in [-0.4, -0.2) is 31.6 Å². The minimum absolute atomic E-state index is 0.000805. The third kappa shape index (κ3) is 4.58. The normalized spacial score (nSPS) is 15.7. The number of carbonyl (C=O) groups excluding carboxylic acids is 1. The number of hydrogen-bond donors (Lipinski definition) is 0. The molecule has 0 saturated carbocycles. The number of amides is 1. The van der Waals surface area contributed by atoms with Crippen LogP contribution in [0.4, 0.5) is 0 Å². The number of hydrogen-bond acceptors (Lipinski definition) is 3. The van der Waals surface area contributed by atoms with E-state index in [4.69, 9.17) is 21.1 Å². The van der Waals surface area contributed by atoms with Crippen LogP contribution in [0.2, 0.25) is 5.02 Å². The molecule has 0 fully saturated rings. The SMILES string of the molecule is COc1cc2c(cc1OC)[C@H](c1cccc(Cl)c1)N(C(=O)c1ccc(C(C)(C)C)cc1)CC2. The van der Waals surface area contributed by atoms with Crippen LogP contribution in [0.3, 0.4) is 0 Å². The molecule has 1 aliphatic rings. The number of halogens is 1. The van der Waals surface area contributed by atoms with Crippen LogP contribution in [0.1, 0.15) is 59.4 Å². The summed E-state index contributed by atoms with van der Waals surface area (Å²) in [6, 6.07) is 19.4. The molecule has 1 amide bonds. The molecule has 1 aliphatic heterocycles. The van der Waals surface area contributed by atoms with Crippen LogP contribution < -0.4 is 9.47 Å². The summed E-state index contributed by atoms with van der Waals surface area (Å²) < 4.78 is 11.1. The van der Waals surface area contributed by atoms with Gasteiger partial charge in [0.15, 0.2) is 11.5 Å². The van der Waals surface area contributed by atoms with Gasteiger partial charge in [0.1, 0.15) is 0 Å². The highest BCUT2D eigenvalue weighted by molar-refractivity contribution is 6.30. The summed E-state index contributed by atoms with van der Waals surface area (Å²) in [6.45, 7) is 7.10. The highest BCUT2D eigenvalue weighted by atomic mass is 35.5. The third-order valence-electron chi connectivity index (χ3n) is 6.30. The van der Waals surface area contributed by atoms with E-state index in [2.05, 4.69) is 20.8 Å². The van der Waals surface area contributed by atoms with Crippen molar-refractivity contribution in [1.82, 2.24) is 4.90 Å². The summed E-state index contributed by atoms with van der Waals surface area (Å²) in [7, 11) is 3.26. The molecule has 0 unspecified atom stereocenters. The van der Waals surface area contributed by atoms with Gasteiger partial charge in [-0.05, 0) is 70.5 Å². The minimum Gasteiger partial charge on any atom is -0.493 e. The van der Waals surface area contributed by atoms with Crippen molar-refractivity contribution >= 4 is 17.5 Å². The van der Waals surface area contributed by atoms with Gasteiger partial charge >= 0.3 is 0 Å². The van der Waals surface area contributed by atoms with Gasteiger partial charge < -0.3 is 14.4 Å². The van der Waals surface area contributed by atoms with Gasteiger partial charge in [0.05, 0.1) is 20.3 Å². The van der Waals surface area contributed by atoms with Gasteiger partial charge in [0.2, 0.25) is 0 Å². The lowest BCUT2D eigenvalue weighted by atomic mass is 9.85. The number of nitrogens with zero attached hydrogens (tertiary/aromatic N) is 1.